The highest BCUT2D eigenvalue weighted by atomic mass is 16.2. The number of nitrogens with one attached hydrogen (secondary N) is 2. The molecular formula is C27H34N4O3. The molecule has 4 rings (SSSR count). The number of hydrogen-bond acceptors (Lipinski definition) is 4. The summed E-state index contributed by atoms with van der Waals surface area (Å²) in [6.45, 7) is 9.03. The Bertz CT molecular complexity index is 1060. The van der Waals surface area contributed by atoms with Gasteiger partial charge in [-0.15, -0.1) is 0 Å². The summed E-state index contributed by atoms with van der Waals surface area (Å²) in [7, 11) is 0. The zero-order chi connectivity index (χ0) is 24.3. The lowest BCUT2D eigenvalue weighted by Gasteiger charge is -2.30. The number of urea groups is 1. The Labute approximate surface area is 201 Å². The van der Waals surface area contributed by atoms with Gasteiger partial charge in [0, 0.05) is 13.1 Å². The molecule has 2 saturated heterocycles. The first-order valence-electron chi connectivity index (χ1n) is 12.0. The second-order valence-corrected chi connectivity index (χ2v) is 9.82. The maximum absolute atomic E-state index is 13.1. The quantitative estimate of drug-likeness (QED) is 0.619. The Morgan fingerprint density at radius 3 is 2.38 bits per heavy atom. The van der Waals surface area contributed by atoms with Crippen LogP contribution in [0.4, 0.5) is 4.79 Å². The number of likely N-dealkylation sites (tertiary alicyclic amines) is 1. The van der Waals surface area contributed by atoms with Crippen molar-refractivity contribution in [2.45, 2.75) is 52.2 Å². The van der Waals surface area contributed by atoms with Crippen molar-refractivity contribution in [3.63, 3.8) is 0 Å². The molecule has 0 radical (unpaired) electrons. The van der Waals surface area contributed by atoms with Gasteiger partial charge in [-0.2, -0.15) is 0 Å². The van der Waals surface area contributed by atoms with Gasteiger partial charge in [0.2, 0.25) is 5.91 Å². The number of hydrogen-bond donors (Lipinski definition) is 2. The predicted molar refractivity (Wildman–Crippen MR) is 131 cm³/mol. The first-order valence-corrected chi connectivity index (χ1v) is 12.0. The molecule has 0 bridgehead atoms. The maximum Gasteiger partial charge on any atom is 0.325 e. The van der Waals surface area contributed by atoms with Crippen molar-refractivity contribution >= 4 is 17.8 Å². The molecule has 7 heteroatoms. The van der Waals surface area contributed by atoms with E-state index in [4.69, 9.17) is 0 Å². The van der Waals surface area contributed by atoms with Crippen LogP contribution in [0.5, 0.6) is 0 Å². The summed E-state index contributed by atoms with van der Waals surface area (Å²) >= 11 is 0. The van der Waals surface area contributed by atoms with E-state index >= 15 is 0 Å². The van der Waals surface area contributed by atoms with Crippen molar-refractivity contribution in [3.05, 3.63) is 70.8 Å². The topological polar surface area (TPSA) is 81.8 Å². The summed E-state index contributed by atoms with van der Waals surface area (Å²) in [4.78, 5) is 41.8. The molecule has 0 spiro atoms. The van der Waals surface area contributed by atoms with Crippen LogP contribution in [0.2, 0.25) is 0 Å². The molecule has 2 heterocycles. The van der Waals surface area contributed by atoms with Crippen molar-refractivity contribution in [1.82, 2.24) is 20.4 Å². The number of carbonyl (C=O) groups is 3. The van der Waals surface area contributed by atoms with Gasteiger partial charge in [-0.05, 0) is 62.4 Å². The van der Waals surface area contributed by atoms with Gasteiger partial charge in [-0.1, -0.05) is 61.0 Å². The molecule has 2 fully saturated rings. The summed E-state index contributed by atoms with van der Waals surface area (Å²) in [6, 6.07) is 15.0. The number of rotatable bonds is 7. The fourth-order valence-electron chi connectivity index (χ4n) is 4.66. The van der Waals surface area contributed by atoms with E-state index < -0.39 is 17.5 Å². The number of amides is 4. The van der Waals surface area contributed by atoms with E-state index in [-0.39, 0.29) is 12.5 Å². The highest BCUT2D eigenvalue weighted by molar-refractivity contribution is 6.09. The smallest absolute Gasteiger partial charge is 0.325 e. The summed E-state index contributed by atoms with van der Waals surface area (Å²) in [5, 5.41) is 5.65. The summed E-state index contributed by atoms with van der Waals surface area (Å²) in [5.41, 5.74) is 2.83. The van der Waals surface area contributed by atoms with Gasteiger partial charge < -0.3 is 10.6 Å². The van der Waals surface area contributed by atoms with Crippen LogP contribution < -0.4 is 10.6 Å². The second kappa shape index (κ2) is 9.97. The lowest BCUT2D eigenvalue weighted by molar-refractivity contribution is -0.134. The van der Waals surface area contributed by atoms with Crippen LogP contribution in [0, 0.1) is 12.8 Å². The van der Waals surface area contributed by atoms with E-state index in [9.17, 15) is 14.4 Å². The second-order valence-electron chi connectivity index (χ2n) is 9.82. The highest BCUT2D eigenvalue weighted by Crippen LogP contribution is 2.29. The van der Waals surface area contributed by atoms with Crippen LogP contribution in [0.25, 0.3) is 0 Å². The Kier molecular flexibility index (Phi) is 7.03. The van der Waals surface area contributed by atoms with E-state index in [1.165, 1.54) is 18.4 Å². The number of nitrogens with zero attached hydrogens (tertiary/aromatic N) is 2. The monoisotopic (exact) mass is 462 g/mol. The molecule has 2 N–H and O–H groups in total. The molecule has 4 amide bonds. The lowest BCUT2D eigenvalue weighted by Crippen LogP contribution is -2.43. The fraction of sp³-hybridized carbons (Fsp3) is 0.444. The highest BCUT2D eigenvalue weighted by Gasteiger charge is 2.49. The Hall–Kier alpha value is -3.19. The normalized spacial score (nSPS) is 21.6. The van der Waals surface area contributed by atoms with Crippen LogP contribution >= 0.6 is 0 Å². The molecule has 34 heavy (non-hydrogen) atoms. The largest absolute Gasteiger partial charge is 0.350 e. The molecule has 1 atom stereocenters. The summed E-state index contributed by atoms with van der Waals surface area (Å²) in [5.74, 6) is -0.00127. The average Bonchev–Trinajstić information content (AvgIpc) is 3.04. The molecular weight excluding hydrogens is 428 g/mol. The minimum Gasteiger partial charge on any atom is -0.350 e. The Morgan fingerprint density at radius 2 is 1.71 bits per heavy atom. The standard InChI is InChI=1S/C27H34N4O3/c1-19-8-10-23(11-9-19)27(3)25(33)31(26(34)29-27)18-24(32)28-16-21-6-4-5-7-22(21)17-30-14-12-20(2)13-15-30/h4-11,20H,12-18H2,1-3H3,(H,28,32)(H,29,34). The molecule has 0 aromatic heterocycles. The molecule has 0 aliphatic carbocycles. The van der Waals surface area contributed by atoms with Gasteiger partial charge >= 0.3 is 6.03 Å². The number of aryl methyl sites for hydroxylation is 1. The Morgan fingerprint density at radius 1 is 1.06 bits per heavy atom. The number of benzene rings is 2. The third-order valence-electron chi connectivity index (χ3n) is 7.07. The first-order chi connectivity index (χ1) is 16.3. The number of imide groups is 1. The van der Waals surface area contributed by atoms with Crippen molar-refractivity contribution in [3.8, 4) is 0 Å². The van der Waals surface area contributed by atoms with Gasteiger partial charge in [0.15, 0.2) is 0 Å². The number of carbonyl (C=O) groups excluding carboxylic acids is 3. The average molecular weight is 463 g/mol. The van der Waals surface area contributed by atoms with Gasteiger partial charge in [0.25, 0.3) is 5.91 Å². The van der Waals surface area contributed by atoms with Crippen LogP contribution in [0.15, 0.2) is 48.5 Å². The van der Waals surface area contributed by atoms with Gasteiger partial charge in [0.1, 0.15) is 12.1 Å². The molecule has 0 saturated carbocycles. The van der Waals surface area contributed by atoms with Crippen molar-refractivity contribution < 1.29 is 14.4 Å². The fourth-order valence-corrected chi connectivity index (χ4v) is 4.66. The Balaban J connectivity index is 1.36. The third-order valence-corrected chi connectivity index (χ3v) is 7.07. The van der Waals surface area contributed by atoms with Crippen LogP contribution in [-0.2, 0) is 28.2 Å². The van der Waals surface area contributed by atoms with Gasteiger partial charge in [0.05, 0.1) is 0 Å². The van der Waals surface area contributed by atoms with Crippen molar-refractivity contribution in [2.24, 2.45) is 5.92 Å². The van der Waals surface area contributed by atoms with Crippen molar-refractivity contribution in [1.29, 1.82) is 0 Å². The van der Waals surface area contributed by atoms with Crippen LogP contribution in [0.1, 0.15) is 48.9 Å². The van der Waals surface area contributed by atoms with E-state index in [0.717, 1.165) is 41.6 Å². The SMILES string of the molecule is Cc1ccc(C2(C)NC(=O)N(CC(=O)NCc3ccccc3CN3CCC(C)CC3)C2=O)cc1. The zero-order valence-electron chi connectivity index (χ0n) is 20.3. The lowest BCUT2D eigenvalue weighted by atomic mass is 9.91. The molecule has 2 aliphatic heterocycles. The van der Waals surface area contributed by atoms with Gasteiger partial charge in [-0.25, -0.2) is 4.79 Å². The van der Waals surface area contributed by atoms with Crippen molar-refractivity contribution in [2.75, 3.05) is 19.6 Å². The molecule has 180 valence electrons. The third kappa shape index (κ3) is 5.14. The predicted octanol–water partition coefficient (Wildman–Crippen LogP) is 3.31. The molecule has 2 aliphatic rings. The van der Waals surface area contributed by atoms with Gasteiger partial charge in [-0.3, -0.25) is 19.4 Å². The minimum atomic E-state index is -1.18. The minimum absolute atomic E-state index is 0.307. The summed E-state index contributed by atoms with van der Waals surface area (Å²) in [6.07, 6.45) is 2.43. The zero-order valence-corrected chi connectivity index (χ0v) is 20.3. The summed E-state index contributed by atoms with van der Waals surface area (Å²) < 4.78 is 0. The van der Waals surface area contributed by atoms with E-state index in [0.29, 0.717) is 12.1 Å². The van der Waals surface area contributed by atoms with E-state index in [1.807, 2.05) is 49.4 Å². The van der Waals surface area contributed by atoms with E-state index in [1.54, 1.807) is 6.92 Å². The van der Waals surface area contributed by atoms with Crippen LogP contribution in [0.3, 0.4) is 0 Å². The molecule has 7 nitrogen and oxygen atoms in total. The molecule has 2 aromatic rings. The maximum atomic E-state index is 13.1. The number of piperidine rings is 1. The molecule has 2 aromatic carbocycles. The molecule has 1 unspecified atom stereocenters. The van der Waals surface area contributed by atoms with Crippen LogP contribution in [-0.4, -0.2) is 47.3 Å². The first kappa shape index (κ1) is 24.0. The van der Waals surface area contributed by atoms with E-state index in [2.05, 4.69) is 28.5 Å².